The van der Waals surface area contributed by atoms with Crippen LogP contribution in [0.3, 0.4) is 0 Å². The lowest BCUT2D eigenvalue weighted by atomic mass is 10.1. The molecular weight excluding hydrogens is 250 g/mol. The molecular formula is C16H27N3O. The van der Waals surface area contributed by atoms with E-state index in [0.29, 0.717) is 12.5 Å². The zero-order chi connectivity index (χ0) is 15.0. The maximum Gasteiger partial charge on any atom is 0.224 e. The topological polar surface area (TPSA) is 44.4 Å². The van der Waals surface area contributed by atoms with Crippen LogP contribution in [0, 0.1) is 0 Å². The Morgan fingerprint density at radius 2 is 1.95 bits per heavy atom. The Morgan fingerprint density at radius 3 is 2.60 bits per heavy atom. The largest absolute Gasteiger partial charge is 0.326 e. The van der Waals surface area contributed by atoms with E-state index in [2.05, 4.69) is 35.4 Å². The van der Waals surface area contributed by atoms with E-state index in [9.17, 15) is 4.79 Å². The van der Waals surface area contributed by atoms with E-state index < -0.39 is 0 Å². The summed E-state index contributed by atoms with van der Waals surface area (Å²) in [6.07, 6.45) is 1.41. The minimum Gasteiger partial charge on any atom is -0.326 e. The van der Waals surface area contributed by atoms with Gasteiger partial charge in [-0.3, -0.25) is 4.79 Å². The summed E-state index contributed by atoms with van der Waals surface area (Å²) in [6.45, 7) is 5.92. The molecule has 112 valence electrons. The first-order valence-electron chi connectivity index (χ1n) is 7.25. The molecule has 1 rings (SSSR count). The highest BCUT2D eigenvalue weighted by molar-refractivity contribution is 5.91. The Hall–Kier alpha value is -1.39. The highest BCUT2D eigenvalue weighted by Crippen LogP contribution is 2.16. The number of anilines is 1. The number of carbonyl (C=O) groups is 1. The van der Waals surface area contributed by atoms with Gasteiger partial charge in [-0.1, -0.05) is 32.0 Å². The first-order valence-corrected chi connectivity index (χ1v) is 7.25. The second kappa shape index (κ2) is 8.72. The Kier molecular flexibility index (Phi) is 7.26. The van der Waals surface area contributed by atoms with Crippen molar-refractivity contribution in [1.29, 1.82) is 0 Å². The van der Waals surface area contributed by atoms with E-state index in [1.807, 2.05) is 32.3 Å². The van der Waals surface area contributed by atoms with Crippen LogP contribution < -0.4 is 10.6 Å². The van der Waals surface area contributed by atoms with Gasteiger partial charge in [0.1, 0.15) is 0 Å². The van der Waals surface area contributed by atoms with E-state index in [1.54, 1.807) is 0 Å². The van der Waals surface area contributed by atoms with Crippen LogP contribution in [0.2, 0.25) is 0 Å². The Morgan fingerprint density at radius 1 is 1.25 bits per heavy atom. The van der Waals surface area contributed by atoms with Crippen LogP contribution in [0.5, 0.6) is 0 Å². The molecule has 0 aliphatic rings. The molecule has 0 saturated carbocycles. The first kappa shape index (κ1) is 16.7. The second-order valence-electron chi connectivity index (χ2n) is 5.66. The summed E-state index contributed by atoms with van der Waals surface area (Å²) in [6, 6.07) is 8.44. The lowest BCUT2D eigenvalue weighted by Gasteiger charge is -2.15. The van der Waals surface area contributed by atoms with Gasteiger partial charge in [0.25, 0.3) is 0 Å². The third-order valence-corrected chi connectivity index (χ3v) is 2.91. The van der Waals surface area contributed by atoms with Crippen LogP contribution in [0.1, 0.15) is 32.3 Å². The van der Waals surface area contributed by atoms with Crippen LogP contribution >= 0.6 is 0 Å². The number of rotatable bonds is 8. The molecule has 0 unspecified atom stereocenters. The summed E-state index contributed by atoms with van der Waals surface area (Å²) >= 11 is 0. The normalized spacial score (nSPS) is 11.1. The van der Waals surface area contributed by atoms with Crippen LogP contribution in [0.4, 0.5) is 5.69 Å². The van der Waals surface area contributed by atoms with Gasteiger partial charge in [0.15, 0.2) is 0 Å². The molecule has 1 amide bonds. The molecule has 0 heterocycles. The third-order valence-electron chi connectivity index (χ3n) is 2.91. The summed E-state index contributed by atoms with van der Waals surface area (Å²) in [7, 11) is 4.05. The molecule has 1 aromatic carbocycles. The number of para-hydroxylation sites is 1. The molecule has 0 saturated heterocycles. The average molecular weight is 277 g/mol. The van der Waals surface area contributed by atoms with Crippen molar-refractivity contribution >= 4 is 11.6 Å². The highest BCUT2D eigenvalue weighted by atomic mass is 16.1. The third kappa shape index (κ3) is 6.68. The maximum absolute atomic E-state index is 11.9. The fraction of sp³-hybridized carbons (Fsp3) is 0.562. The minimum atomic E-state index is 0.0850. The van der Waals surface area contributed by atoms with E-state index >= 15 is 0 Å². The van der Waals surface area contributed by atoms with Crippen LogP contribution in [0.25, 0.3) is 0 Å². The number of nitrogens with zero attached hydrogens (tertiary/aromatic N) is 1. The summed E-state index contributed by atoms with van der Waals surface area (Å²) < 4.78 is 0. The summed E-state index contributed by atoms with van der Waals surface area (Å²) in [5.41, 5.74) is 2.06. The van der Waals surface area contributed by atoms with Crippen LogP contribution in [-0.2, 0) is 11.3 Å². The molecule has 20 heavy (non-hydrogen) atoms. The fourth-order valence-electron chi connectivity index (χ4n) is 1.97. The number of amides is 1. The molecule has 4 nitrogen and oxygen atoms in total. The maximum atomic E-state index is 11.9. The molecule has 0 aliphatic heterocycles. The molecule has 4 heteroatoms. The monoisotopic (exact) mass is 277 g/mol. The Balaban J connectivity index is 2.45. The summed E-state index contributed by atoms with van der Waals surface area (Å²) in [5, 5.41) is 6.33. The number of hydrogen-bond donors (Lipinski definition) is 2. The molecule has 0 spiro atoms. The SMILES string of the molecule is CC(C)NCCCC(=O)Nc1ccccc1CN(C)C. The predicted molar refractivity (Wildman–Crippen MR) is 84.8 cm³/mol. The zero-order valence-corrected chi connectivity index (χ0v) is 13.1. The van der Waals surface area contributed by atoms with Gasteiger partial charge in [0.05, 0.1) is 0 Å². The first-order chi connectivity index (χ1) is 9.49. The van der Waals surface area contributed by atoms with Crippen molar-refractivity contribution in [2.24, 2.45) is 0 Å². The molecule has 0 aromatic heterocycles. The lowest BCUT2D eigenvalue weighted by molar-refractivity contribution is -0.116. The molecule has 0 fully saturated rings. The van der Waals surface area contributed by atoms with Crippen molar-refractivity contribution in [1.82, 2.24) is 10.2 Å². The van der Waals surface area contributed by atoms with Gasteiger partial charge >= 0.3 is 0 Å². The van der Waals surface area contributed by atoms with Crippen molar-refractivity contribution in [3.8, 4) is 0 Å². The second-order valence-corrected chi connectivity index (χ2v) is 5.66. The molecule has 0 aliphatic carbocycles. The van der Waals surface area contributed by atoms with Crippen molar-refractivity contribution in [3.05, 3.63) is 29.8 Å². The minimum absolute atomic E-state index is 0.0850. The summed E-state index contributed by atoms with van der Waals surface area (Å²) in [5.74, 6) is 0.0850. The van der Waals surface area contributed by atoms with Crippen LogP contribution in [0.15, 0.2) is 24.3 Å². The molecule has 2 N–H and O–H groups in total. The Bertz CT molecular complexity index is 416. The van der Waals surface area contributed by atoms with Crippen LogP contribution in [-0.4, -0.2) is 37.5 Å². The van der Waals surface area contributed by atoms with Gasteiger partial charge in [-0.2, -0.15) is 0 Å². The number of benzene rings is 1. The van der Waals surface area contributed by atoms with Gasteiger partial charge in [-0.15, -0.1) is 0 Å². The predicted octanol–water partition coefficient (Wildman–Crippen LogP) is 2.46. The number of hydrogen-bond acceptors (Lipinski definition) is 3. The highest BCUT2D eigenvalue weighted by Gasteiger charge is 2.07. The quantitative estimate of drug-likeness (QED) is 0.717. The average Bonchev–Trinajstić information content (AvgIpc) is 2.36. The van der Waals surface area contributed by atoms with Gasteiger partial charge in [-0.25, -0.2) is 0 Å². The van der Waals surface area contributed by atoms with E-state index in [0.717, 1.165) is 30.8 Å². The summed E-state index contributed by atoms with van der Waals surface area (Å²) in [4.78, 5) is 14.0. The Labute approximate surface area is 122 Å². The van der Waals surface area contributed by atoms with E-state index in [1.165, 1.54) is 0 Å². The van der Waals surface area contributed by atoms with Crippen molar-refractivity contribution in [2.75, 3.05) is 26.0 Å². The van der Waals surface area contributed by atoms with Gasteiger partial charge in [0, 0.05) is 24.7 Å². The van der Waals surface area contributed by atoms with E-state index in [4.69, 9.17) is 0 Å². The standard InChI is InChI=1S/C16H27N3O/c1-13(2)17-11-7-10-16(20)18-15-9-6-5-8-14(15)12-19(3)4/h5-6,8-9,13,17H,7,10-12H2,1-4H3,(H,18,20). The van der Waals surface area contributed by atoms with Crippen molar-refractivity contribution in [2.45, 2.75) is 39.3 Å². The molecule has 0 bridgehead atoms. The number of carbonyl (C=O) groups excluding carboxylic acids is 1. The smallest absolute Gasteiger partial charge is 0.224 e. The molecule has 1 aromatic rings. The van der Waals surface area contributed by atoms with E-state index in [-0.39, 0.29) is 5.91 Å². The molecule has 0 radical (unpaired) electrons. The fourth-order valence-corrected chi connectivity index (χ4v) is 1.97. The van der Waals surface area contributed by atoms with Gasteiger partial charge in [-0.05, 0) is 38.7 Å². The lowest BCUT2D eigenvalue weighted by Crippen LogP contribution is -2.25. The number of nitrogens with one attached hydrogen (secondary N) is 2. The van der Waals surface area contributed by atoms with Crippen molar-refractivity contribution in [3.63, 3.8) is 0 Å². The van der Waals surface area contributed by atoms with Gasteiger partial charge < -0.3 is 15.5 Å². The molecule has 0 atom stereocenters. The van der Waals surface area contributed by atoms with Crippen molar-refractivity contribution < 1.29 is 4.79 Å². The zero-order valence-electron chi connectivity index (χ0n) is 13.1. The van der Waals surface area contributed by atoms with Gasteiger partial charge in [0.2, 0.25) is 5.91 Å².